The van der Waals surface area contributed by atoms with Gasteiger partial charge in [-0.2, -0.15) is 0 Å². The Labute approximate surface area is 93.3 Å². The van der Waals surface area contributed by atoms with Crippen LogP contribution in [0.5, 0.6) is 5.75 Å². The second-order valence-electron chi connectivity index (χ2n) is 2.99. The van der Waals surface area contributed by atoms with Gasteiger partial charge in [0.1, 0.15) is 11.3 Å². The third kappa shape index (κ3) is 1.66. The second-order valence-corrected chi connectivity index (χ2v) is 3.90. The Hall–Kier alpha value is -1.62. The molecule has 15 heavy (non-hydrogen) atoms. The highest BCUT2D eigenvalue weighted by molar-refractivity contribution is 9.10. The molecule has 2 aromatic rings. The molecule has 5 heteroatoms. The highest BCUT2D eigenvalue weighted by Gasteiger charge is 2.13. The fraction of sp³-hybridized carbons (Fsp3) is 0. The molecular weight excluding hydrogens is 262 g/mol. The summed E-state index contributed by atoms with van der Waals surface area (Å²) in [6.07, 6.45) is 1.15. The first-order valence-corrected chi connectivity index (χ1v) is 4.89. The Bertz CT molecular complexity index is 554. The lowest BCUT2D eigenvalue weighted by atomic mass is 10.1. The van der Waals surface area contributed by atoms with Gasteiger partial charge in [0.05, 0.1) is 5.52 Å². The number of hydrogen-bond donors (Lipinski definition) is 2. The van der Waals surface area contributed by atoms with Gasteiger partial charge in [-0.25, -0.2) is 4.79 Å². The molecule has 76 valence electrons. The van der Waals surface area contributed by atoms with Crippen LogP contribution in [0.15, 0.2) is 28.9 Å². The van der Waals surface area contributed by atoms with Crippen molar-refractivity contribution in [2.45, 2.75) is 0 Å². The molecule has 0 aliphatic heterocycles. The number of pyridine rings is 1. The van der Waals surface area contributed by atoms with Crippen molar-refractivity contribution >= 4 is 32.8 Å². The van der Waals surface area contributed by atoms with E-state index in [9.17, 15) is 9.90 Å². The minimum absolute atomic E-state index is 0.190. The Balaban J connectivity index is 2.80. The Morgan fingerprint density at radius 3 is 2.80 bits per heavy atom. The maximum Gasteiger partial charge on any atom is 0.341 e. The summed E-state index contributed by atoms with van der Waals surface area (Å²) in [5, 5.41) is 18.9. The Morgan fingerprint density at radius 2 is 2.13 bits per heavy atom. The molecule has 2 rings (SSSR count). The zero-order valence-corrected chi connectivity index (χ0v) is 9.02. The molecule has 0 fully saturated rings. The van der Waals surface area contributed by atoms with Crippen LogP contribution in [0.2, 0.25) is 0 Å². The number of aromatic nitrogens is 1. The van der Waals surface area contributed by atoms with Gasteiger partial charge in [0.15, 0.2) is 0 Å². The Morgan fingerprint density at radius 1 is 1.40 bits per heavy atom. The molecular formula is C10H6BrNO3. The predicted octanol–water partition coefficient (Wildman–Crippen LogP) is 2.40. The van der Waals surface area contributed by atoms with Crippen molar-refractivity contribution in [2.24, 2.45) is 0 Å². The zero-order chi connectivity index (χ0) is 11.0. The van der Waals surface area contributed by atoms with Crippen molar-refractivity contribution in [3.05, 3.63) is 34.4 Å². The van der Waals surface area contributed by atoms with E-state index in [0.29, 0.717) is 10.9 Å². The number of carboxylic acids is 1. The molecule has 0 aliphatic carbocycles. The number of aromatic carboxylic acids is 1. The van der Waals surface area contributed by atoms with E-state index in [-0.39, 0.29) is 11.3 Å². The number of carbonyl (C=O) groups is 1. The molecule has 0 radical (unpaired) electrons. The molecule has 0 aliphatic rings. The summed E-state index contributed by atoms with van der Waals surface area (Å²) < 4.78 is 0.824. The van der Waals surface area contributed by atoms with E-state index in [1.54, 1.807) is 18.2 Å². The highest BCUT2D eigenvalue weighted by atomic mass is 79.9. The molecule has 0 saturated carbocycles. The number of rotatable bonds is 1. The van der Waals surface area contributed by atoms with E-state index in [1.807, 2.05) is 0 Å². The van der Waals surface area contributed by atoms with E-state index in [1.165, 1.54) is 0 Å². The van der Waals surface area contributed by atoms with Crippen molar-refractivity contribution in [2.75, 3.05) is 0 Å². The van der Waals surface area contributed by atoms with Gasteiger partial charge < -0.3 is 10.2 Å². The molecule has 0 saturated heterocycles. The van der Waals surface area contributed by atoms with Gasteiger partial charge in [-0.1, -0.05) is 15.9 Å². The summed E-state index contributed by atoms with van der Waals surface area (Å²) in [5.41, 5.74) is 0.358. The number of aromatic hydroxyl groups is 1. The van der Waals surface area contributed by atoms with Crippen molar-refractivity contribution in [3.63, 3.8) is 0 Å². The minimum Gasteiger partial charge on any atom is -0.506 e. The SMILES string of the molecule is O=C(O)c1cnc2cc(Br)ccc2c1O. The van der Waals surface area contributed by atoms with E-state index in [0.717, 1.165) is 10.7 Å². The van der Waals surface area contributed by atoms with E-state index in [2.05, 4.69) is 20.9 Å². The molecule has 2 N–H and O–H groups in total. The predicted molar refractivity (Wildman–Crippen MR) is 58.1 cm³/mol. The van der Waals surface area contributed by atoms with Crippen molar-refractivity contribution in [1.82, 2.24) is 4.98 Å². The van der Waals surface area contributed by atoms with Crippen LogP contribution in [0.25, 0.3) is 10.9 Å². The van der Waals surface area contributed by atoms with Crippen LogP contribution < -0.4 is 0 Å². The van der Waals surface area contributed by atoms with Crippen molar-refractivity contribution in [3.8, 4) is 5.75 Å². The van der Waals surface area contributed by atoms with Gasteiger partial charge in [0, 0.05) is 16.1 Å². The first-order chi connectivity index (χ1) is 7.09. The number of halogens is 1. The lowest BCUT2D eigenvalue weighted by Crippen LogP contribution is -1.98. The molecule has 0 amide bonds. The van der Waals surface area contributed by atoms with Gasteiger partial charge in [0.25, 0.3) is 0 Å². The number of carboxylic acid groups (broad SMARTS) is 1. The topological polar surface area (TPSA) is 70.4 Å². The average molecular weight is 268 g/mol. The smallest absolute Gasteiger partial charge is 0.341 e. The molecule has 0 unspecified atom stereocenters. The number of nitrogens with zero attached hydrogens (tertiary/aromatic N) is 1. The molecule has 1 aromatic heterocycles. The zero-order valence-electron chi connectivity index (χ0n) is 7.44. The third-order valence-electron chi connectivity index (χ3n) is 2.03. The normalized spacial score (nSPS) is 10.5. The van der Waals surface area contributed by atoms with Crippen LogP contribution in [0.4, 0.5) is 0 Å². The maximum atomic E-state index is 10.7. The molecule has 0 bridgehead atoms. The summed E-state index contributed by atoms with van der Waals surface area (Å²) in [5.74, 6) is -1.44. The monoisotopic (exact) mass is 267 g/mol. The Kier molecular flexibility index (Phi) is 2.32. The van der Waals surface area contributed by atoms with Crippen LogP contribution in [0, 0.1) is 0 Å². The summed E-state index contributed by atoms with van der Waals surface area (Å²) in [6.45, 7) is 0. The quantitative estimate of drug-likeness (QED) is 0.833. The summed E-state index contributed by atoms with van der Waals surface area (Å²) in [7, 11) is 0. The molecule has 1 heterocycles. The van der Waals surface area contributed by atoms with Crippen LogP contribution in [0.1, 0.15) is 10.4 Å². The first kappa shape index (κ1) is 9.92. The summed E-state index contributed by atoms with van der Waals surface area (Å²) in [4.78, 5) is 14.7. The molecule has 0 spiro atoms. The van der Waals surface area contributed by atoms with Gasteiger partial charge in [-0.3, -0.25) is 4.98 Å². The lowest BCUT2D eigenvalue weighted by molar-refractivity contribution is 0.0693. The van der Waals surface area contributed by atoms with Gasteiger partial charge in [0.2, 0.25) is 0 Å². The average Bonchev–Trinajstić information content (AvgIpc) is 2.17. The fourth-order valence-electron chi connectivity index (χ4n) is 1.31. The van der Waals surface area contributed by atoms with Crippen molar-refractivity contribution in [1.29, 1.82) is 0 Å². The summed E-state index contributed by atoms with van der Waals surface area (Å²) in [6, 6.07) is 5.05. The van der Waals surface area contributed by atoms with E-state index < -0.39 is 5.97 Å². The van der Waals surface area contributed by atoms with Gasteiger partial charge >= 0.3 is 5.97 Å². The minimum atomic E-state index is -1.19. The first-order valence-electron chi connectivity index (χ1n) is 4.10. The molecule has 4 nitrogen and oxygen atoms in total. The number of hydrogen-bond acceptors (Lipinski definition) is 3. The molecule has 0 atom stereocenters. The van der Waals surface area contributed by atoms with Crippen LogP contribution in [0.3, 0.4) is 0 Å². The molecule has 1 aromatic carbocycles. The van der Waals surface area contributed by atoms with Crippen LogP contribution in [-0.2, 0) is 0 Å². The van der Waals surface area contributed by atoms with Crippen LogP contribution in [-0.4, -0.2) is 21.2 Å². The maximum absolute atomic E-state index is 10.7. The van der Waals surface area contributed by atoms with Gasteiger partial charge in [-0.15, -0.1) is 0 Å². The number of benzene rings is 1. The van der Waals surface area contributed by atoms with Crippen molar-refractivity contribution < 1.29 is 15.0 Å². The standard InChI is InChI=1S/C10H6BrNO3/c11-5-1-2-6-8(3-5)12-4-7(9(6)13)10(14)15/h1-4H,(H,12,13)(H,14,15). The lowest BCUT2D eigenvalue weighted by Gasteiger charge is -2.03. The second kappa shape index (κ2) is 3.51. The van der Waals surface area contributed by atoms with E-state index >= 15 is 0 Å². The summed E-state index contributed by atoms with van der Waals surface area (Å²) >= 11 is 3.27. The highest BCUT2D eigenvalue weighted by Crippen LogP contribution is 2.28. The van der Waals surface area contributed by atoms with Crippen LogP contribution >= 0.6 is 15.9 Å². The number of fused-ring (bicyclic) bond motifs is 1. The largest absolute Gasteiger partial charge is 0.506 e. The van der Waals surface area contributed by atoms with E-state index in [4.69, 9.17) is 5.11 Å². The third-order valence-corrected chi connectivity index (χ3v) is 2.53. The fourth-order valence-corrected chi connectivity index (χ4v) is 1.66. The van der Waals surface area contributed by atoms with Gasteiger partial charge in [-0.05, 0) is 18.2 Å².